The van der Waals surface area contributed by atoms with Crippen molar-refractivity contribution in [1.29, 1.82) is 0 Å². The number of hydrogen-bond acceptors (Lipinski definition) is 5. The summed E-state index contributed by atoms with van der Waals surface area (Å²) in [5.74, 6) is -2.43. The first kappa shape index (κ1) is 19.6. The molecule has 0 aliphatic heterocycles. The van der Waals surface area contributed by atoms with Gasteiger partial charge >= 0.3 is 11.7 Å². The van der Waals surface area contributed by atoms with Crippen LogP contribution in [0.15, 0.2) is 36.4 Å². The van der Waals surface area contributed by atoms with Crippen molar-refractivity contribution in [3.8, 4) is 0 Å². The normalized spacial score (nSPS) is 10.3. The molecule has 0 bridgehead atoms. The second-order valence-electron chi connectivity index (χ2n) is 5.06. The molecule has 2 aromatic rings. The smallest absolute Gasteiger partial charge is 0.310 e. The highest BCUT2D eigenvalue weighted by molar-refractivity contribution is 6.42. The summed E-state index contributed by atoms with van der Waals surface area (Å²) in [6.07, 6.45) is -0.119. The van der Waals surface area contributed by atoms with Gasteiger partial charge in [0.05, 0.1) is 21.4 Å². The standard InChI is InChI=1S/C16H11Cl2FN2O5/c17-11-3-1-9(5-12(11)18)6-16(23)26-8-15(22)20-10-2-4-13(19)14(7-10)21(24)25/h1-5,7H,6,8H2,(H,20,22). The van der Waals surface area contributed by atoms with Crippen LogP contribution in [0.5, 0.6) is 0 Å². The number of amides is 1. The minimum absolute atomic E-state index is 0.00336. The van der Waals surface area contributed by atoms with Gasteiger partial charge in [-0.3, -0.25) is 19.7 Å². The monoisotopic (exact) mass is 400 g/mol. The topological polar surface area (TPSA) is 98.5 Å². The maximum atomic E-state index is 13.2. The second kappa shape index (κ2) is 8.59. The minimum atomic E-state index is -1.03. The number of halogens is 3. The van der Waals surface area contributed by atoms with Crippen molar-refractivity contribution in [2.45, 2.75) is 6.42 Å². The molecule has 1 N–H and O–H groups in total. The maximum Gasteiger partial charge on any atom is 0.310 e. The number of ether oxygens (including phenoxy) is 1. The Morgan fingerprint density at radius 3 is 2.54 bits per heavy atom. The lowest BCUT2D eigenvalue weighted by Gasteiger charge is -2.07. The summed E-state index contributed by atoms with van der Waals surface area (Å²) >= 11 is 11.6. The zero-order chi connectivity index (χ0) is 19.3. The number of benzene rings is 2. The van der Waals surface area contributed by atoms with Crippen LogP contribution >= 0.6 is 23.2 Å². The van der Waals surface area contributed by atoms with Gasteiger partial charge in [-0.15, -0.1) is 0 Å². The molecule has 0 unspecified atom stereocenters. The van der Waals surface area contributed by atoms with E-state index < -0.39 is 34.9 Å². The lowest BCUT2D eigenvalue weighted by atomic mass is 10.1. The molecule has 10 heteroatoms. The average molecular weight is 401 g/mol. The molecule has 0 aliphatic carbocycles. The van der Waals surface area contributed by atoms with E-state index in [-0.39, 0.29) is 17.1 Å². The Labute approximate surface area is 156 Å². The van der Waals surface area contributed by atoms with Gasteiger partial charge in [0.15, 0.2) is 6.61 Å². The Bertz CT molecular complexity index is 876. The Morgan fingerprint density at radius 2 is 1.88 bits per heavy atom. The van der Waals surface area contributed by atoms with Crippen molar-refractivity contribution in [3.05, 3.63) is 67.9 Å². The van der Waals surface area contributed by atoms with Gasteiger partial charge in [0.25, 0.3) is 5.91 Å². The van der Waals surface area contributed by atoms with Gasteiger partial charge in [-0.1, -0.05) is 29.3 Å². The Hall–Kier alpha value is -2.71. The molecule has 0 atom stereocenters. The summed E-state index contributed by atoms with van der Waals surface area (Å²) in [7, 11) is 0. The van der Waals surface area contributed by atoms with Crippen LogP contribution in [0.2, 0.25) is 10.0 Å². The van der Waals surface area contributed by atoms with Crippen molar-refractivity contribution >= 4 is 46.5 Å². The van der Waals surface area contributed by atoms with Crippen molar-refractivity contribution < 1.29 is 23.6 Å². The lowest BCUT2D eigenvalue weighted by molar-refractivity contribution is -0.387. The van der Waals surface area contributed by atoms with Crippen LogP contribution in [-0.2, 0) is 20.7 Å². The molecule has 0 radical (unpaired) electrons. The highest BCUT2D eigenvalue weighted by Gasteiger charge is 2.16. The predicted octanol–water partition coefficient (Wildman–Crippen LogP) is 3.77. The molecule has 0 fully saturated rings. The molecule has 0 spiro atoms. The van der Waals surface area contributed by atoms with Gasteiger partial charge in [0.2, 0.25) is 5.82 Å². The average Bonchev–Trinajstić information content (AvgIpc) is 2.58. The zero-order valence-corrected chi connectivity index (χ0v) is 14.5. The van der Waals surface area contributed by atoms with E-state index in [1.807, 2.05) is 0 Å². The fraction of sp³-hybridized carbons (Fsp3) is 0.125. The van der Waals surface area contributed by atoms with Crippen LogP contribution in [0.1, 0.15) is 5.56 Å². The molecule has 2 rings (SSSR count). The summed E-state index contributed by atoms with van der Waals surface area (Å²) < 4.78 is 18.0. The summed E-state index contributed by atoms with van der Waals surface area (Å²) in [5, 5.41) is 13.6. The molecule has 0 aromatic heterocycles. The lowest BCUT2D eigenvalue weighted by Crippen LogP contribution is -2.21. The van der Waals surface area contributed by atoms with Crippen LogP contribution < -0.4 is 5.32 Å². The first-order chi connectivity index (χ1) is 12.3. The summed E-state index contributed by atoms with van der Waals surface area (Å²) in [5.41, 5.74) is -0.220. The van der Waals surface area contributed by atoms with E-state index in [9.17, 15) is 24.1 Å². The predicted molar refractivity (Wildman–Crippen MR) is 92.8 cm³/mol. The quantitative estimate of drug-likeness (QED) is 0.452. The number of esters is 1. The van der Waals surface area contributed by atoms with E-state index in [0.29, 0.717) is 10.6 Å². The van der Waals surface area contributed by atoms with Gasteiger partial charge in [0.1, 0.15) is 0 Å². The molecular formula is C16H11Cl2FN2O5. The van der Waals surface area contributed by atoms with Crippen LogP contribution in [0.3, 0.4) is 0 Å². The van der Waals surface area contributed by atoms with Gasteiger partial charge in [-0.25, -0.2) is 0 Å². The van der Waals surface area contributed by atoms with E-state index in [4.69, 9.17) is 27.9 Å². The van der Waals surface area contributed by atoms with Crippen LogP contribution in [0, 0.1) is 15.9 Å². The highest BCUT2D eigenvalue weighted by Crippen LogP contribution is 2.23. The van der Waals surface area contributed by atoms with E-state index >= 15 is 0 Å². The first-order valence-corrected chi connectivity index (χ1v) is 7.85. The number of anilines is 1. The summed E-state index contributed by atoms with van der Waals surface area (Å²) in [6.45, 7) is -0.606. The van der Waals surface area contributed by atoms with Crippen LogP contribution in [-0.4, -0.2) is 23.4 Å². The number of carbonyl (C=O) groups excluding carboxylic acids is 2. The molecule has 0 heterocycles. The Kier molecular flexibility index (Phi) is 6.48. The van der Waals surface area contributed by atoms with Crippen LogP contribution in [0.4, 0.5) is 15.8 Å². The van der Waals surface area contributed by atoms with Crippen LogP contribution in [0.25, 0.3) is 0 Å². The summed E-state index contributed by atoms with van der Waals surface area (Å²) in [6, 6.07) is 7.49. The van der Waals surface area contributed by atoms with Gasteiger partial charge in [-0.2, -0.15) is 4.39 Å². The second-order valence-corrected chi connectivity index (χ2v) is 5.87. The molecule has 26 heavy (non-hydrogen) atoms. The number of nitro groups is 1. The number of rotatable bonds is 6. The fourth-order valence-corrected chi connectivity index (χ4v) is 2.26. The number of nitrogens with one attached hydrogen (secondary N) is 1. The Balaban J connectivity index is 1.88. The molecule has 1 amide bonds. The zero-order valence-electron chi connectivity index (χ0n) is 13.0. The number of nitro benzene ring substituents is 1. The molecule has 7 nitrogen and oxygen atoms in total. The molecule has 2 aromatic carbocycles. The third-order valence-electron chi connectivity index (χ3n) is 3.12. The molecular weight excluding hydrogens is 390 g/mol. The molecule has 136 valence electrons. The molecule has 0 saturated carbocycles. The van der Waals surface area contributed by atoms with E-state index in [2.05, 4.69) is 5.32 Å². The SMILES string of the molecule is O=C(COC(=O)Cc1ccc(Cl)c(Cl)c1)Nc1ccc(F)c([N+](=O)[O-])c1. The first-order valence-electron chi connectivity index (χ1n) is 7.09. The van der Waals surface area contributed by atoms with Gasteiger partial charge in [-0.05, 0) is 29.8 Å². The third-order valence-corrected chi connectivity index (χ3v) is 3.86. The number of nitrogens with zero attached hydrogens (tertiary/aromatic N) is 1. The van der Waals surface area contributed by atoms with E-state index in [1.165, 1.54) is 12.1 Å². The van der Waals surface area contributed by atoms with Gasteiger partial charge in [0, 0.05) is 11.8 Å². The fourth-order valence-electron chi connectivity index (χ4n) is 1.94. The largest absolute Gasteiger partial charge is 0.455 e. The third kappa shape index (κ3) is 5.40. The van der Waals surface area contributed by atoms with Gasteiger partial charge < -0.3 is 10.1 Å². The molecule has 0 aliphatic rings. The summed E-state index contributed by atoms with van der Waals surface area (Å²) in [4.78, 5) is 33.2. The Morgan fingerprint density at radius 1 is 1.15 bits per heavy atom. The molecule has 0 saturated heterocycles. The van der Waals surface area contributed by atoms with E-state index in [1.54, 1.807) is 6.07 Å². The number of carbonyl (C=O) groups is 2. The van der Waals surface area contributed by atoms with Crippen molar-refractivity contribution in [2.24, 2.45) is 0 Å². The highest BCUT2D eigenvalue weighted by atomic mass is 35.5. The van der Waals surface area contributed by atoms with Crippen molar-refractivity contribution in [1.82, 2.24) is 0 Å². The maximum absolute atomic E-state index is 13.2. The van der Waals surface area contributed by atoms with E-state index in [0.717, 1.165) is 18.2 Å². The number of hydrogen-bond donors (Lipinski definition) is 1. The van der Waals surface area contributed by atoms with Crippen molar-refractivity contribution in [2.75, 3.05) is 11.9 Å². The minimum Gasteiger partial charge on any atom is -0.455 e. The van der Waals surface area contributed by atoms with Crippen molar-refractivity contribution in [3.63, 3.8) is 0 Å².